The van der Waals surface area contributed by atoms with Crippen molar-refractivity contribution in [3.63, 3.8) is 0 Å². The molecule has 4 rings (SSSR count). The third kappa shape index (κ3) is 4.46. The van der Waals surface area contributed by atoms with Crippen molar-refractivity contribution in [1.29, 1.82) is 0 Å². The number of urea groups is 1. The molecule has 2 unspecified atom stereocenters. The Bertz CT molecular complexity index is 964. The summed E-state index contributed by atoms with van der Waals surface area (Å²) in [5, 5.41) is 0.835. The maximum atomic E-state index is 13.6. The molecule has 0 bridgehead atoms. The van der Waals surface area contributed by atoms with Gasteiger partial charge in [-0.1, -0.05) is 86.3 Å². The molecule has 2 aromatic rings. The average molecular weight is 437 g/mol. The van der Waals surface area contributed by atoms with E-state index in [1.807, 2.05) is 48.5 Å². The molecule has 162 valence electrons. The summed E-state index contributed by atoms with van der Waals surface area (Å²) in [6.07, 6.45) is -0.495. The van der Waals surface area contributed by atoms with Crippen LogP contribution in [0.2, 0.25) is 0 Å². The molecule has 3 amide bonds. The standard InChI is InChI=1S/C24H28N4O2S/c1-17(2)16-31-23-25-21-20(27(23)14-18-10-6-4-7-11-18)22(29)28(24(30)26(21)3)15-19-12-8-5-9-13-19/h4-13,17,20-21H,14-16H2,1-3H3. The monoisotopic (exact) mass is 436 g/mol. The smallest absolute Gasteiger partial charge is 0.328 e. The molecule has 2 aliphatic rings. The van der Waals surface area contributed by atoms with Crippen molar-refractivity contribution in [2.45, 2.75) is 39.1 Å². The van der Waals surface area contributed by atoms with Crippen LogP contribution in [-0.4, -0.2) is 56.8 Å². The fraction of sp³-hybridized carbons (Fsp3) is 0.375. The summed E-state index contributed by atoms with van der Waals surface area (Å²) in [5.74, 6) is 1.22. The number of amidine groups is 1. The van der Waals surface area contributed by atoms with Crippen LogP contribution in [0.3, 0.4) is 0 Å². The van der Waals surface area contributed by atoms with Gasteiger partial charge in [0.2, 0.25) is 0 Å². The van der Waals surface area contributed by atoms with Crippen molar-refractivity contribution in [1.82, 2.24) is 14.7 Å². The fourth-order valence-corrected chi connectivity index (χ4v) is 4.88. The van der Waals surface area contributed by atoms with Crippen molar-refractivity contribution in [3.05, 3.63) is 71.8 Å². The molecule has 0 aliphatic carbocycles. The molecule has 7 heteroatoms. The van der Waals surface area contributed by atoms with Crippen LogP contribution in [0.5, 0.6) is 0 Å². The lowest BCUT2D eigenvalue weighted by molar-refractivity contribution is -0.138. The minimum absolute atomic E-state index is 0.184. The predicted molar refractivity (Wildman–Crippen MR) is 124 cm³/mol. The molecule has 0 aromatic heterocycles. The van der Waals surface area contributed by atoms with Gasteiger partial charge in [0.15, 0.2) is 17.4 Å². The van der Waals surface area contributed by atoms with E-state index in [9.17, 15) is 9.59 Å². The second-order valence-corrected chi connectivity index (χ2v) is 9.38. The second kappa shape index (κ2) is 9.14. The Morgan fingerprint density at radius 2 is 1.52 bits per heavy atom. The number of benzene rings is 2. The number of carbonyl (C=O) groups excluding carboxylic acids is 2. The van der Waals surface area contributed by atoms with Crippen molar-refractivity contribution in [3.8, 4) is 0 Å². The number of hydrogen-bond acceptors (Lipinski definition) is 5. The van der Waals surface area contributed by atoms with Crippen molar-refractivity contribution in [2.75, 3.05) is 12.8 Å². The van der Waals surface area contributed by atoms with E-state index in [-0.39, 0.29) is 18.5 Å². The van der Waals surface area contributed by atoms with Crippen LogP contribution in [0.4, 0.5) is 4.79 Å². The number of nitrogens with zero attached hydrogens (tertiary/aromatic N) is 4. The fourth-order valence-electron chi connectivity index (χ4n) is 3.87. The third-order valence-corrected chi connectivity index (χ3v) is 6.91. The first-order chi connectivity index (χ1) is 15.0. The Morgan fingerprint density at radius 1 is 0.935 bits per heavy atom. The summed E-state index contributed by atoms with van der Waals surface area (Å²) >= 11 is 1.66. The number of imide groups is 1. The Balaban J connectivity index is 1.64. The Hall–Kier alpha value is -2.80. The summed E-state index contributed by atoms with van der Waals surface area (Å²) in [5.41, 5.74) is 2.04. The molecule has 0 N–H and O–H groups in total. The van der Waals surface area contributed by atoms with E-state index >= 15 is 0 Å². The predicted octanol–water partition coefficient (Wildman–Crippen LogP) is 4.04. The first-order valence-electron chi connectivity index (χ1n) is 10.6. The van der Waals surface area contributed by atoms with Gasteiger partial charge in [-0.2, -0.15) is 0 Å². The minimum Gasteiger partial charge on any atom is -0.331 e. The van der Waals surface area contributed by atoms with E-state index in [0.29, 0.717) is 12.5 Å². The molecule has 1 saturated heterocycles. The molecule has 2 atom stereocenters. The molecular formula is C24H28N4O2S. The van der Waals surface area contributed by atoms with Gasteiger partial charge in [-0.15, -0.1) is 0 Å². The van der Waals surface area contributed by atoms with Gasteiger partial charge in [-0.25, -0.2) is 9.79 Å². The highest BCUT2D eigenvalue weighted by Gasteiger charge is 2.52. The average Bonchev–Trinajstić information content (AvgIpc) is 3.13. The summed E-state index contributed by atoms with van der Waals surface area (Å²) in [6.45, 7) is 5.18. The van der Waals surface area contributed by atoms with Crippen LogP contribution in [0.25, 0.3) is 0 Å². The Labute approximate surface area is 187 Å². The van der Waals surface area contributed by atoms with Crippen molar-refractivity contribution < 1.29 is 9.59 Å². The van der Waals surface area contributed by atoms with Crippen LogP contribution in [0.15, 0.2) is 65.7 Å². The summed E-state index contributed by atoms with van der Waals surface area (Å²) in [4.78, 5) is 36.6. The normalized spacial score (nSPS) is 21.0. The number of aliphatic imine (C=N–C) groups is 1. The molecule has 2 aromatic carbocycles. The molecule has 31 heavy (non-hydrogen) atoms. The van der Waals surface area contributed by atoms with Crippen LogP contribution >= 0.6 is 11.8 Å². The van der Waals surface area contributed by atoms with Gasteiger partial charge in [0, 0.05) is 19.3 Å². The molecule has 1 fully saturated rings. The third-order valence-electron chi connectivity index (χ3n) is 5.48. The van der Waals surface area contributed by atoms with E-state index in [1.165, 1.54) is 4.90 Å². The van der Waals surface area contributed by atoms with Crippen LogP contribution < -0.4 is 0 Å². The first kappa shape index (κ1) is 21.4. The maximum absolute atomic E-state index is 13.6. The summed E-state index contributed by atoms with van der Waals surface area (Å²) in [7, 11) is 1.74. The summed E-state index contributed by atoms with van der Waals surface area (Å²) < 4.78 is 0. The highest BCUT2D eigenvalue weighted by atomic mass is 32.2. The number of thioether (sulfide) groups is 1. The zero-order valence-corrected chi connectivity index (χ0v) is 19.0. The van der Waals surface area contributed by atoms with Gasteiger partial charge in [0.05, 0.1) is 6.54 Å². The Morgan fingerprint density at radius 3 is 2.10 bits per heavy atom. The van der Waals surface area contributed by atoms with Crippen molar-refractivity contribution >= 4 is 28.9 Å². The zero-order chi connectivity index (χ0) is 22.0. The van der Waals surface area contributed by atoms with E-state index in [2.05, 4.69) is 30.9 Å². The molecule has 0 radical (unpaired) electrons. The molecule has 2 heterocycles. The SMILES string of the molecule is CC(C)CSC1=NC2C(C(=O)N(Cc3ccccc3)C(=O)N2C)N1Cc1ccccc1. The molecule has 0 spiro atoms. The number of rotatable bonds is 6. The van der Waals surface area contributed by atoms with Gasteiger partial charge < -0.3 is 9.80 Å². The Kier molecular flexibility index (Phi) is 6.32. The summed E-state index contributed by atoms with van der Waals surface area (Å²) in [6, 6.07) is 18.9. The molecule has 6 nitrogen and oxygen atoms in total. The highest BCUT2D eigenvalue weighted by Crippen LogP contribution is 2.33. The number of fused-ring (bicyclic) bond motifs is 1. The largest absolute Gasteiger partial charge is 0.331 e. The van der Waals surface area contributed by atoms with E-state index in [1.54, 1.807) is 23.7 Å². The van der Waals surface area contributed by atoms with Gasteiger partial charge >= 0.3 is 6.03 Å². The second-order valence-electron chi connectivity index (χ2n) is 8.39. The van der Waals surface area contributed by atoms with Crippen LogP contribution in [0.1, 0.15) is 25.0 Å². The maximum Gasteiger partial charge on any atom is 0.328 e. The quantitative estimate of drug-likeness (QED) is 0.686. The number of hydrogen-bond donors (Lipinski definition) is 0. The zero-order valence-electron chi connectivity index (χ0n) is 18.1. The molecule has 2 aliphatic heterocycles. The number of carbonyl (C=O) groups is 2. The van der Waals surface area contributed by atoms with E-state index in [0.717, 1.165) is 22.0 Å². The van der Waals surface area contributed by atoms with Crippen LogP contribution in [-0.2, 0) is 17.9 Å². The lowest BCUT2D eigenvalue weighted by Gasteiger charge is -2.41. The molecular weight excluding hydrogens is 408 g/mol. The van der Waals surface area contributed by atoms with Crippen LogP contribution in [0, 0.1) is 5.92 Å². The van der Waals surface area contributed by atoms with E-state index < -0.39 is 12.2 Å². The first-order valence-corrected chi connectivity index (χ1v) is 11.6. The van der Waals surface area contributed by atoms with Gasteiger partial charge in [0.1, 0.15) is 0 Å². The lowest BCUT2D eigenvalue weighted by atomic mass is 10.1. The van der Waals surface area contributed by atoms with Gasteiger partial charge in [-0.05, 0) is 17.0 Å². The van der Waals surface area contributed by atoms with E-state index in [4.69, 9.17) is 4.99 Å². The topological polar surface area (TPSA) is 56.2 Å². The molecule has 0 saturated carbocycles. The van der Waals surface area contributed by atoms with Gasteiger partial charge in [-0.3, -0.25) is 9.69 Å². The van der Waals surface area contributed by atoms with Gasteiger partial charge in [0.25, 0.3) is 5.91 Å². The lowest BCUT2D eigenvalue weighted by Crippen LogP contribution is -2.64. The highest BCUT2D eigenvalue weighted by molar-refractivity contribution is 8.13. The number of amides is 3. The minimum atomic E-state index is -0.513. The van der Waals surface area contributed by atoms with Crippen molar-refractivity contribution in [2.24, 2.45) is 10.9 Å². The number of likely N-dealkylation sites (N-methyl/N-ethyl adjacent to an activating group) is 1.